The topological polar surface area (TPSA) is 42.4 Å². The molecule has 1 N–H and O–H groups in total. The fourth-order valence-corrected chi connectivity index (χ4v) is 1.24. The zero-order valence-corrected chi connectivity index (χ0v) is 7.53. The monoisotopic (exact) mass is 167 g/mol. The predicted octanol–water partition coefficient (Wildman–Crippen LogP) is 1.45. The molecule has 0 aliphatic carbocycles. The maximum absolute atomic E-state index is 9.40. The molecule has 1 unspecified atom stereocenters. The third kappa shape index (κ3) is 1.56. The normalized spacial score (nSPS) is 12.7. The first-order chi connectivity index (χ1) is 5.66. The second kappa shape index (κ2) is 3.54. The molecule has 66 valence electrons. The molecule has 1 rings (SSSR count). The minimum Gasteiger partial charge on any atom is -0.496 e. The number of methoxy groups -OCH3 is 1. The van der Waals surface area contributed by atoms with Crippen LogP contribution in [0.2, 0.25) is 0 Å². The third-order valence-corrected chi connectivity index (χ3v) is 1.79. The molecular formula is C9H13NO2. The molecule has 0 fully saturated rings. The van der Waals surface area contributed by atoms with Crippen LogP contribution in [0.3, 0.4) is 0 Å². The summed E-state index contributed by atoms with van der Waals surface area (Å²) < 4.78 is 5.09. The Morgan fingerprint density at radius 1 is 1.58 bits per heavy atom. The van der Waals surface area contributed by atoms with Crippen LogP contribution < -0.4 is 4.74 Å². The summed E-state index contributed by atoms with van der Waals surface area (Å²) in [6, 6.07) is 1.75. The summed E-state index contributed by atoms with van der Waals surface area (Å²) in [6.07, 6.45) is 1.13. The van der Waals surface area contributed by atoms with Crippen LogP contribution in [0.25, 0.3) is 0 Å². The number of ether oxygens (including phenoxy) is 1. The van der Waals surface area contributed by atoms with E-state index < -0.39 is 6.10 Å². The number of aliphatic hydroxyl groups is 1. The first-order valence-electron chi connectivity index (χ1n) is 3.84. The van der Waals surface area contributed by atoms with Gasteiger partial charge in [0.25, 0.3) is 0 Å². The Morgan fingerprint density at radius 3 is 2.67 bits per heavy atom. The summed E-state index contributed by atoms with van der Waals surface area (Å²) in [5, 5.41) is 9.40. The highest BCUT2D eigenvalue weighted by Crippen LogP contribution is 2.26. The van der Waals surface area contributed by atoms with Crippen LogP contribution in [0.1, 0.15) is 24.3 Å². The van der Waals surface area contributed by atoms with Crippen molar-refractivity contribution in [2.45, 2.75) is 20.0 Å². The van der Waals surface area contributed by atoms with Crippen LogP contribution in [-0.4, -0.2) is 17.2 Å². The van der Waals surface area contributed by atoms with E-state index in [1.54, 1.807) is 26.3 Å². The molecule has 0 saturated carbocycles. The van der Waals surface area contributed by atoms with Gasteiger partial charge in [-0.2, -0.15) is 0 Å². The minimum absolute atomic E-state index is 0.534. The van der Waals surface area contributed by atoms with Crippen LogP contribution in [0, 0.1) is 6.92 Å². The van der Waals surface area contributed by atoms with Crippen molar-refractivity contribution in [2.75, 3.05) is 7.11 Å². The summed E-state index contributed by atoms with van der Waals surface area (Å²) in [7, 11) is 1.58. The number of pyridine rings is 1. The summed E-state index contributed by atoms with van der Waals surface area (Å²) in [5.41, 5.74) is 1.57. The minimum atomic E-state index is -0.534. The molecule has 3 nitrogen and oxygen atoms in total. The Labute approximate surface area is 72.0 Å². The van der Waals surface area contributed by atoms with Gasteiger partial charge in [-0.05, 0) is 19.9 Å². The average molecular weight is 167 g/mol. The molecule has 0 aromatic carbocycles. The van der Waals surface area contributed by atoms with Crippen molar-refractivity contribution in [2.24, 2.45) is 0 Å². The van der Waals surface area contributed by atoms with E-state index in [4.69, 9.17) is 4.74 Å². The van der Waals surface area contributed by atoms with Gasteiger partial charge in [0.2, 0.25) is 0 Å². The van der Waals surface area contributed by atoms with Crippen LogP contribution in [0.4, 0.5) is 0 Å². The van der Waals surface area contributed by atoms with Gasteiger partial charge < -0.3 is 9.84 Å². The number of aromatic nitrogens is 1. The van der Waals surface area contributed by atoms with E-state index in [0.29, 0.717) is 5.75 Å². The van der Waals surface area contributed by atoms with Crippen LogP contribution in [-0.2, 0) is 0 Å². The summed E-state index contributed by atoms with van der Waals surface area (Å²) >= 11 is 0. The number of aryl methyl sites for hydroxylation is 1. The van der Waals surface area contributed by atoms with E-state index in [1.165, 1.54) is 0 Å². The van der Waals surface area contributed by atoms with E-state index >= 15 is 0 Å². The number of hydrogen-bond acceptors (Lipinski definition) is 3. The van der Waals surface area contributed by atoms with Crippen LogP contribution in [0.5, 0.6) is 5.75 Å². The SMILES string of the molecule is COc1ccnc(C)c1C(C)O. The van der Waals surface area contributed by atoms with E-state index in [1.807, 2.05) is 6.92 Å². The van der Waals surface area contributed by atoms with Crippen molar-refractivity contribution >= 4 is 0 Å². The fraction of sp³-hybridized carbons (Fsp3) is 0.444. The predicted molar refractivity (Wildman–Crippen MR) is 46.2 cm³/mol. The Bertz CT molecular complexity index is 271. The molecular weight excluding hydrogens is 154 g/mol. The quantitative estimate of drug-likeness (QED) is 0.725. The van der Waals surface area contributed by atoms with Gasteiger partial charge in [-0.25, -0.2) is 0 Å². The van der Waals surface area contributed by atoms with Gasteiger partial charge in [0.05, 0.1) is 13.2 Å². The van der Waals surface area contributed by atoms with Crippen LogP contribution >= 0.6 is 0 Å². The molecule has 0 bridgehead atoms. The van der Waals surface area contributed by atoms with Crippen molar-refractivity contribution in [1.29, 1.82) is 0 Å². The molecule has 1 aromatic heterocycles. The fourth-order valence-electron chi connectivity index (χ4n) is 1.24. The second-order valence-electron chi connectivity index (χ2n) is 2.69. The van der Waals surface area contributed by atoms with Crippen molar-refractivity contribution < 1.29 is 9.84 Å². The maximum atomic E-state index is 9.40. The number of rotatable bonds is 2. The van der Waals surface area contributed by atoms with Gasteiger partial charge in [0, 0.05) is 17.5 Å². The second-order valence-corrected chi connectivity index (χ2v) is 2.69. The molecule has 1 atom stereocenters. The zero-order chi connectivity index (χ0) is 9.14. The third-order valence-electron chi connectivity index (χ3n) is 1.79. The smallest absolute Gasteiger partial charge is 0.128 e. The number of hydrogen-bond donors (Lipinski definition) is 1. The van der Waals surface area contributed by atoms with E-state index in [2.05, 4.69) is 4.98 Å². The van der Waals surface area contributed by atoms with Gasteiger partial charge in [-0.15, -0.1) is 0 Å². The molecule has 3 heteroatoms. The lowest BCUT2D eigenvalue weighted by atomic mass is 10.1. The molecule has 0 aliphatic rings. The van der Waals surface area contributed by atoms with Gasteiger partial charge in [-0.1, -0.05) is 0 Å². The Hall–Kier alpha value is -1.09. The lowest BCUT2D eigenvalue weighted by Crippen LogP contribution is -2.00. The zero-order valence-electron chi connectivity index (χ0n) is 7.53. The Morgan fingerprint density at radius 2 is 2.25 bits per heavy atom. The van der Waals surface area contributed by atoms with E-state index in [0.717, 1.165) is 11.3 Å². The molecule has 1 heterocycles. The highest BCUT2D eigenvalue weighted by Gasteiger charge is 2.11. The molecule has 0 radical (unpaired) electrons. The van der Waals surface area contributed by atoms with Gasteiger partial charge in [0.1, 0.15) is 5.75 Å². The van der Waals surface area contributed by atoms with Crippen LogP contribution in [0.15, 0.2) is 12.3 Å². The highest BCUT2D eigenvalue weighted by molar-refractivity contribution is 5.36. The first-order valence-corrected chi connectivity index (χ1v) is 3.84. The van der Waals surface area contributed by atoms with Crippen molar-refractivity contribution in [3.63, 3.8) is 0 Å². The Kier molecular flexibility index (Phi) is 2.65. The molecule has 0 spiro atoms. The highest BCUT2D eigenvalue weighted by atomic mass is 16.5. The summed E-state index contributed by atoms with van der Waals surface area (Å²) in [4.78, 5) is 4.07. The average Bonchev–Trinajstić information content (AvgIpc) is 2.03. The van der Waals surface area contributed by atoms with E-state index in [9.17, 15) is 5.11 Å². The molecule has 0 saturated heterocycles. The summed E-state index contributed by atoms with van der Waals surface area (Å²) in [5.74, 6) is 0.692. The van der Waals surface area contributed by atoms with E-state index in [-0.39, 0.29) is 0 Å². The van der Waals surface area contributed by atoms with Crippen molar-refractivity contribution in [3.8, 4) is 5.75 Å². The lowest BCUT2D eigenvalue weighted by Gasteiger charge is -2.12. The molecule has 12 heavy (non-hydrogen) atoms. The van der Waals surface area contributed by atoms with Crippen molar-refractivity contribution in [3.05, 3.63) is 23.5 Å². The van der Waals surface area contributed by atoms with Gasteiger partial charge in [0.15, 0.2) is 0 Å². The molecule has 1 aromatic rings. The molecule has 0 aliphatic heterocycles. The Balaban J connectivity index is 3.20. The number of nitrogens with zero attached hydrogens (tertiary/aromatic N) is 1. The van der Waals surface area contributed by atoms with Gasteiger partial charge >= 0.3 is 0 Å². The van der Waals surface area contributed by atoms with Crippen molar-refractivity contribution in [1.82, 2.24) is 4.98 Å². The molecule has 0 amide bonds. The summed E-state index contributed by atoms with van der Waals surface area (Å²) in [6.45, 7) is 3.55. The van der Waals surface area contributed by atoms with Gasteiger partial charge in [-0.3, -0.25) is 4.98 Å². The number of aliphatic hydroxyl groups excluding tert-OH is 1. The standard InChI is InChI=1S/C9H13NO2/c1-6-9(7(2)11)8(12-3)4-5-10-6/h4-5,7,11H,1-3H3. The largest absolute Gasteiger partial charge is 0.496 e. The maximum Gasteiger partial charge on any atom is 0.128 e. The first kappa shape index (κ1) is 9.00. The lowest BCUT2D eigenvalue weighted by molar-refractivity contribution is 0.193.